The van der Waals surface area contributed by atoms with Gasteiger partial charge in [0.2, 0.25) is 0 Å². The van der Waals surface area contributed by atoms with Gasteiger partial charge in [0.25, 0.3) is 0 Å². The van der Waals surface area contributed by atoms with E-state index in [2.05, 4.69) is 32.7 Å². The summed E-state index contributed by atoms with van der Waals surface area (Å²) >= 11 is 0. The Bertz CT molecular complexity index is 693. The quantitative estimate of drug-likeness (QED) is 0.847. The maximum absolute atomic E-state index is 11.9. The zero-order chi connectivity index (χ0) is 17.5. The van der Waals surface area contributed by atoms with Crippen LogP contribution in [0, 0.1) is 5.92 Å². The van der Waals surface area contributed by atoms with Gasteiger partial charge in [0.15, 0.2) is 0 Å². The number of nitrogens with one attached hydrogen (secondary N) is 2. The molecule has 1 fully saturated rings. The van der Waals surface area contributed by atoms with E-state index in [0.717, 1.165) is 31.0 Å². The number of carbonyl (C=O) groups is 1. The number of rotatable bonds is 6. The SMILES string of the molecule is COc1cccc(N2CC[C@H](CNC(=O)NCc3ccccn3)C2)c1. The number of carbonyl (C=O) groups excluding carboxylic acids is 1. The highest BCUT2D eigenvalue weighted by molar-refractivity contribution is 5.73. The lowest BCUT2D eigenvalue weighted by molar-refractivity contribution is 0.239. The second-order valence-electron chi connectivity index (χ2n) is 6.19. The Morgan fingerprint density at radius 3 is 3.00 bits per heavy atom. The van der Waals surface area contributed by atoms with E-state index in [1.807, 2.05) is 30.3 Å². The summed E-state index contributed by atoms with van der Waals surface area (Å²) in [6.07, 6.45) is 2.79. The van der Waals surface area contributed by atoms with Gasteiger partial charge in [0.05, 0.1) is 19.3 Å². The molecular weight excluding hydrogens is 316 g/mol. The van der Waals surface area contributed by atoms with Gasteiger partial charge in [0.1, 0.15) is 5.75 Å². The molecule has 1 atom stereocenters. The van der Waals surface area contributed by atoms with Crippen LogP contribution in [-0.2, 0) is 6.54 Å². The molecule has 1 aromatic carbocycles. The average Bonchev–Trinajstić information content (AvgIpc) is 3.15. The minimum atomic E-state index is -0.148. The molecule has 0 spiro atoms. The molecule has 0 saturated carbocycles. The summed E-state index contributed by atoms with van der Waals surface area (Å²) in [5.74, 6) is 1.32. The Kier molecular flexibility index (Phi) is 5.72. The summed E-state index contributed by atoms with van der Waals surface area (Å²) < 4.78 is 5.29. The van der Waals surface area contributed by atoms with E-state index in [1.54, 1.807) is 13.3 Å². The molecule has 0 radical (unpaired) electrons. The van der Waals surface area contributed by atoms with Crippen molar-refractivity contribution in [2.45, 2.75) is 13.0 Å². The van der Waals surface area contributed by atoms with Crippen LogP contribution in [0.4, 0.5) is 10.5 Å². The fourth-order valence-electron chi connectivity index (χ4n) is 3.01. The van der Waals surface area contributed by atoms with Gasteiger partial charge in [-0.3, -0.25) is 4.98 Å². The first kappa shape index (κ1) is 17.1. The number of methoxy groups -OCH3 is 1. The summed E-state index contributed by atoms with van der Waals surface area (Å²) in [6, 6.07) is 13.6. The highest BCUT2D eigenvalue weighted by Crippen LogP contribution is 2.26. The molecule has 1 aliphatic rings. The number of anilines is 1. The molecule has 6 nitrogen and oxygen atoms in total. The standard InChI is InChI=1S/C19H24N4O2/c1-25-18-7-4-6-17(11-18)23-10-8-15(14-23)12-21-19(24)22-13-16-5-2-3-9-20-16/h2-7,9,11,15H,8,10,12-14H2,1H3,(H2,21,22,24)/t15-/m1/s1. The Morgan fingerprint density at radius 1 is 1.28 bits per heavy atom. The van der Waals surface area contributed by atoms with Crippen molar-refractivity contribution in [1.82, 2.24) is 15.6 Å². The minimum Gasteiger partial charge on any atom is -0.497 e. The van der Waals surface area contributed by atoms with E-state index >= 15 is 0 Å². The lowest BCUT2D eigenvalue weighted by atomic mass is 10.1. The van der Waals surface area contributed by atoms with E-state index in [4.69, 9.17) is 4.74 Å². The van der Waals surface area contributed by atoms with Gasteiger partial charge >= 0.3 is 6.03 Å². The number of nitrogens with zero attached hydrogens (tertiary/aromatic N) is 2. The molecular formula is C19H24N4O2. The minimum absolute atomic E-state index is 0.148. The second kappa shape index (κ2) is 8.37. The largest absolute Gasteiger partial charge is 0.497 e. The van der Waals surface area contributed by atoms with Crippen molar-refractivity contribution in [3.8, 4) is 5.75 Å². The molecule has 2 heterocycles. The van der Waals surface area contributed by atoms with Crippen molar-refractivity contribution in [3.05, 3.63) is 54.4 Å². The predicted molar refractivity (Wildman–Crippen MR) is 97.8 cm³/mol. The maximum atomic E-state index is 11.9. The first-order valence-corrected chi connectivity index (χ1v) is 8.55. The Morgan fingerprint density at radius 2 is 2.20 bits per heavy atom. The fourth-order valence-corrected chi connectivity index (χ4v) is 3.01. The van der Waals surface area contributed by atoms with Crippen LogP contribution in [0.5, 0.6) is 5.75 Å². The molecule has 2 N–H and O–H groups in total. The number of pyridine rings is 1. The van der Waals surface area contributed by atoms with Crippen molar-refractivity contribution >= 4 is 11.7 Å². The summed E-state index contributed by atoms with van der Waals surface area (Å²) in [5, 5.41) is 5.80. The fraction of sp³-hybridized carbons (Fsp3) is 0.368. The second-order valence-corrected chi connectivity index (χ2v) is 6.19. The van der Waals surface area contributed by atoms with Gasteiger partial charge in [-0.25, -0.2) is 4.79 Å². The van der Waals surface area contributed by atoms with Gasteiger partial charge < -0.3 is 20.3 Å². The van der Waals surface area contributed by atoms with Crippen LogP contribution < -0.4 is 20.3 Å². The van der Waals surface area contributed by atoms with Crippen LogP contribution in [0.3, 0.4) is 0 Å². The molecule has 0 bridgehead atoms. The molecule has 1 aliphatic heterocycles. The molecule has 1 saturated heterocycles. The monoisotopic (exact) mass is 340 g/mol. The molecule has 2 aromatic rings. The normalized spacial score (nSPS) is 16.5. The van der Waals surface area contributed by atoms with Gasteiger partial charge in [-0.1, -0.05) is 12.1 Å². The topological polar surface area (TPSA) is 66.5 Å². The first-order valence-electron chi connectivity index (χ1n) is 8.55. The van der Waals surface area contributed by atoms with Crippen LogP contribution in [0.2, 0.25) is 0 Å². The maximum Gasteiger partial charge on any atom is 0.315 e. The van der Waals surface area contributed by atoms with Gasteiger partial charge in [-0.15, -0.1) is 0 Å². The van der Waals surface area contributed by atoms with E-state index in [-0.39, 0.29) is 6.03 Å². The van der Waals surface area contributed by atoms with Crippen LogP contribution in [0.25, 0.3) is 0 Å². The number of urea groups is 1. The predicted octanol–water partition coefficient (Wildman–Crippen LogP) is 2.42. The third-order valence-corrected chi connectivity index (χ3v) is 4.41. The highest BCUT2D eigenvalue weighted by Gasteiger charge is 2.23. The number of hydrogen-bond donors (Lipinski definition) is 2. The van der Waals surface area contributed by atoms with E-state index < -0.39 is 0 Å². The summed E-state index contributed by atoms with van der Waals surface area (Å²) in [4.78, 5) is 18.4. The summed E-state index contributed by atoms with van der Waals surface area (Å²) in [7, 11) is 1.68. The molecule has 132 valence electrons. The van der Waals surface area contributed by atoms with Gasteiger partial charge in [-0.2, -0.15) is 0 Å². The molecule has 3 rings (SSSR count). The van der Waals surface area contributed by atoms with Crippen molar-refractivity contribution < 1.29 is 9.53 Å². The van der Waals surface area contributed by atoms with Gasteiger partial charge in [-0.05, 0) is 36.6 Å². The first-order chi connectivity index (χ1) is 12.2. The van der Waals surface area contributed by atoms with Crippen molar-refractivity contribution in [2.75, 3.05) is 31.6 Å². The third kappa shape index (κ3) is 4.86. The van der Waals surface area contributed by atoms with Crippen molar-refractivity contribution in [3.63, 3.8) is 0 Å². The summed E-state index contributed by atoms with van der Waals surface area (Å²) in [5.41, 5.74) is 2.02. The van der Waals surface area contributed by atoms with Crippen LogP contribution >= 0.6 is 0 Å². The molecule has 1 aromatic heterocycles. The number of ether oxygens (including phenoxy) is 1. The van der Waals surface area contributed by atoms with Crippen molar-refractivity contribution in [1.29, 1.82) is 0 Å². The third-order valence-electron chi connectivity index (χ3n) is 4.41. The molecule has 0 unspecified atom stereocenters. The van der Waals surface area contributed by atoms with Crippen LogP contribution in [-0.4, -0.2) is 37.8 Å². The zero-order valence-electron chi connectivity index (χ0n) is 14.4. The Hall–Kier alpha value is -2.76. The highest BCUT2D eigenvalue weighted by atomic mass is 16.5. The molecule has 25 heavy (non-hydrogen) atoms. The lowest BCUT2D eigenvalue weighted by Crippen LogP contribution is -2.38. The number of benzene rings is 1. The van der Waals surface area contributed by atoms with E-state index in [9.17, 15) is 4.79 Å². The molecule has 6 heteroatoms. The summed E-state index contributed by atoms with van der Waals surface area (Å²) in [6.45, 7) is 3.05. The van der Waals surface area contributed by atoms with Gasteiger partial charge in [0, 0.05) is 37.6 Å². The molecule has 2 amide bonds. The van der Waals surface area contributed by atoms with E-state index in [0.29, 0.717) is 19.0 Å². The van der Waals surface area contributed by atoms with Crippen LogP contribution in [0.1, 0.15) is 12.1 Å². The average molecular weight is 340 g/mol. The van der Waals surface area contributed by atoms with Crippen molar-refractivity contribution in [2.24, 2.45) is 5.92 Å². The molecule has 0 aliphatic carbocycles. The number of amides is 2. The Labute approximate surface area is 148 Å². The zero-order valence-corrected chi connectivity index (χ0v) is 14.4. The Balaban J connectivity index is 1.41. The number of aromatic nitrogens is 1. The van der Waals surface area contributed by atoms with Crippen LogP contribution in [0.15, 0.2) is 48.7 Å². The smallest absolute Gasteiger partial charge is 0.315 e. The lowest BCUT2D eigenvalue weighted by Gasteiger charge is -2.19. The van der Waals surface area contributed by atoms with E-state index in [1.165, 1.54) is 5.69 Å². The number of hydrogen-bond acceptors (Lipinski definition) is 4.